The molecule has 2 aliphatic carbocycles. The van der Waals surface area contributed by atoms with E-state index in [-0.39, 0.29) is 35.6 Å². The molecule has 10 heteroatoms. The van der Waals surface area contributed by atoms with Crippen LogP contribution in [-0.4, -0.2) is 65.8 Å². The van der Waals surface area contributed by atoms with Crippen LogP contribution in [0.3, 0.4) is 0 Å². The van der Waals surface area contributed by atoms with Crippen LogP contribution >= 0.6 is 0 Å². The number of benzene rings is 1. The lowest BCUT2D eigenvalue weighted by Crippen LogP contribution is -2.43. The van der Waals surface area contributed by atoms with Crippen molar-refractivity contribution in [3.8, 4) is 16.9 Å². The largest absolute Gasteiger partial charge is 0.496 e. The summed E-state index contributed by atoms with van der Waals surface area (Å²) in [7, 11) is 1.72. The summed E-state index contributed by atoms with van der Waals surface area (Å²) in [5, 5.41) is 7.61. The van der Waals surface area contributed by atoms with Crippen LogP contribution < -0.4 is 15.0 Å². The van der Waals surface area contributed by atoms with Gasteiger partial charge in [0.25, 0.3) is 0 Å². The van der Waals surface area contributed by atoms with E-state index >= 15 is 0 Å². The van der Waals surface area contributed by atoms with Gasteiger partial charge in [0.1, 0.15) is 17.7 Å². The summed E-state index contributed by atoms with van der Waals surface area (Å²) >= 11 is 0. The number of hydrogen-bond donors (Lipinski definition) is 1. The van der Waals surface area contributed by atoms with Crippen LogP contribution in [0.4, 0.5) is 10.6 Å². The van der Waals surface area contributed by atoms with Crippen molar-refractivity contribution >= 4 is 17.8 Å². The average molecular weight is 686 g/mol. The van der Waals surface area contributed by atoms with Crippen LogP contribution in [0.15, 0.2) is 48.9 Å². The summed E-state index contributed by atoms with van der Waals surface area (Å²) in [6.45, 7) is 10.5. The fraction of sp³-hybridized carbons (Fsp3) is 0.600. The molecule has 6 rings (SSSR count). The molecule has 0 radical (unpaired) electrons. The van der Waals surface area contributed by atoms with Gasteiger partial charge >= 0.3 is 6.09 Å². The Bertz CT molecular complexity index is 1590. The Labute approximate surface area is 297 Å². The molecule has 0 bridgehead atoms. The number of ether oxygens (including phenoxy) is 3. The average Bonchev–Trinajstić information content (AvgIpc) is 3.63. The molecule has 270 valence electrons. The minimum atomic E-state index is -0.357. The summed E-state index contributed by atoms with van der Waals surface area (Å²) in [6, 6.07) is 10.7. The zero-order chi connectivity index (χ0) is 35.3. The number of aryl methyl sites for hydroxylation is 1. The highest BCUT2D eigenvalue weighted by molar-refractivity contribution is 5.94. The number of pyridine rings is 1. The van der Waals surface area contributed by atoms with E-state index in [2.05, 4.69) is 62.5 Å². The van der Waals surface area contributed by atoms with Crippen molar-refractivity contribution in [2.24, 2.45) is 11.8 Å². The summed E-state index contributed by atoms with van der Waals surface area (Å²) in [5.41, 5.74) is 4.41. The minimum absolute atomic E-state index is 0.101. The van der Waals surface area contributed by atoms with Gasteiger partial charge in [-0.1, -0.05) is 12.1 Å². The highest BCUT2D eigenvalue weighted by Crippen LogP contribution is 2.39. The van der Waals surface area contributed by atoms with Crippen LogP contribution in [0.1, 0.15) is 102 Å². The highest BCUT2D eigenvalue weighted by atomic mass is 16.6. The lowest BCUT2D eigenvalue weighted by Gasteiger charge is -2.36. The third-order valence-corrected chi connectivity index (χ3v) is 10.9. The molecule has 1 aromatic carbocycles. The van der Waals surface area contributed by atoms with Gasteiger partial charge in [0.05, 0.1) is 18.8 Å². The van der Waals surface area contributed by atoms with Crippen molar-refractivity contribution in [3.63, 3.8) is 0 Å². The highest BCUT2D eigenvalue weighted by Gasteiger charge is 2.34. The maximum absolute atomic E-state index is 14.5. The molecule has 0 spiro atoms. The van der Waals surface area contributed by atoms with E-state index < -0.39 is 0 Å². The van der Waals surface area contributed by atoms with Crippen LogP contribution in [0, 0.1) is 18.8 Å². The Morgan fingerprint density at radius 3 is 2.36 bits per heavy atom. The van der Waals surface area contributed by atoms with Gasteiger partial charge in [0, 0.05) is 49.7 Å². The molecule has 2 amide bonds. The van der Waals surface area contributed by atoms with Gasteiger partial charge in [-0.05, 0) is 139 Å². The first kappa shape index (κ1) is 35.9. The molecule has 3 aliphatic rings. The number of nitrogens with one attached hydrogen (secondary N) is 1. The molecule has 1 saturated heterocycles. The third-order valence-electron chi connectivity index (χ3n) is 10.9. The Morgan fingerprint density at radius 1 is 0.960 bits per heavy atom. The molecule has 1 aliphatic heterocycles. The zero-order valence-electron chi connectivity index (χ0n) is 30.5. The van der Waals surface area contributed by atoms with Gasteiger partial charge in [-0.2, -0.15) is 5.10 Å². The standard InChI is InChI=1S/C40H55N5O5/c1-27-22-31(12-15-36(27)48-5)29-8-6-28(7-9-29)25-44(37-23-32(16-19-41-37)33-24-42-45(26-33)40(2,3)4)38(46)30-10-13-35(14-11-30)50-39(47)43-34-17-20-49-21-18-34/h12,15-16,19,22-24,26,28-30,34-35H,6-11,13-14,17-18,20-21,25H2,1-5H3,(H,43,47). The quantitative estimate of drug-likeness (QED) is 0.245. The summed E-state index contributed by atoms with van der Waals surface area (Å²) < 4.78 is 18.7. The fourth-order valence-corrected chi connectivity index (χ4v) is 7.81. The molecular weight excluding hydrogens is 630 g/mol. The van der Waals surface area contributed by atoms with E-state index in [1.54, 1.807) is 7.11 Å². The first-order chi connectivity index (χ1) is 24.1. The maximum Gasteiger partial charge on any atom is 0.407 e. The Kier molecular flexibility index (Phi) is 11.5. The Morgan fingerprint density at radius 2 is 1.70 bits per heavy atom. The summed E-state index contributed by atoms with van der Waals surface area (Å²) in [5.74, 6) is 2.50. The lowest BCUT2D eigenvalue weighted by atomic mass is 9.78. The van der Waals surface area contributed by atoms with E-state index in [1.165, 1.54) is 11.1 Å². The van der Waals surface area contributed by atoms with Crippen LogP contribution in [0.25, 0.3) is 11.1 Å². The van der Waals surface area contributed by atoms with Crippen LogP contribution in [0.5, 0.6) is 5.75 Å². The monoisotopic (exact) mass is 685 g/mol. The minimum Gasteiger partial charge on any atom is -0.496 e. The van der Waals surface area contributed by atoms with Gasteiger partial charge < -0.3 is 19.5 Å². The van der Waals surface area contributed by atoms with E-state index in [0.717, 1.165) is 55.4 Å². The van der Waals surface area contributed by atoms with E-state index in [4.69, 9.17) is 19.2 Å². The molecular formula is C40H55N5O5. The number of carbonyl (C=O) groups is 2. The number of rotatable bonds is 9. The van der Waals surface area contributed by atoms with E-state index in [1.807, 2.05) is 34.1 Å². The fourth-order valence-electron chi connectivity index (χ4n) is 7.81. The zero-order valence-corrected chi connectivity index (χ0v) is 30.5. The molecule has 3 heterocycles. The second kappa shape index (κ2) is 16.0. The van der Waals surface area contributed by atoms with Gasteiger partial charge in [0.15, 0.2) is 0 Å². The summed E-state index contributed by atoms with van der Waals surface area (Å²) in [6.07, 6.45) is 13.9. The molecule has 0 atom stereocenters. The molecule has 3 fully saturated rings. The summed E-state index contributed by atoms with van der Waals surface area (Å²) in [4.78, 5) is 33.8. The molecule has 3 aromatic rings. The number of nitrogens with zero attached hydrogens (tertiary/aromatic N) is 4. The molecule has 2 aromatic heterocycles. The molecule has 2 saturated carbocycles. The molecule has 10 nitrogen and oxygen atoms in total. The van der Waals surface area contributed by atoms with E-state index in [9.17, 15) is 9.59 Å². The predicted molar refractivity (Wildman–Crippen MR) is 194 cm³/mol. The first-order valence-corrected chi connectivity index (χ1v) is 18.6. The number of methoxy groups -OCH3 is 1. The van der Waals surface area contributed by atoms with Gasteiger partial charge in [-0.3, -0.25) is 14.4 Å². The van der Waals surface area contributed by atoms with Crippen LogP contribution in [0.2, 0.25) is 0 Å². The van der Waals surface area contributed by atoms with Crippen molar-refractivity contribution in [1.29, 1.82) is 0 Å². The molecule has 1 N–H and O–H groups in total. The number of hydrogen-bond acceptors (Lipinski definition) is 7. The van der Waals surface area contributed by atoms with E-state index in [0.29, 0.717) is 63.1 Å². The van der Waals surface area contributed by atoms with Gasteiger partial charge in [-0.25, -0.2) is 9.78 Å². The maximum atomic E-state index is 14.5. The first-order valence-electron chi connectivity index (χ1n) is 18.6. The number of aromatic nitrogens is 3. The Hall–Kier alpha value is -3.92. The van der Waals surface area contributed by atoms with Gasteiger partial charge in [0.2, 0.25) is 5.91 Å². The number of carbonyl (C=O) groups excluding carboxylic acids is 2. The second-order valence-electron chi connectivity index (χ2n) is 15.6. The second-order valence-corrected chi connectivity index (χ2v) is 15.6. The molecule has 50 heavy (non-hydrogen) atoms. The SMILES string of the molecule is COc1ccc(C2CCC(CN(C(=O)C3CCC(OC(=O)NC4CCOCC4)CC3)c3cc(-c4cnn(C(C)(C)C)c4)ccn3)CC2)cc1C. The smallest absolute Gasteiger partial charge is 0.407 e. The lowest BCUT2D eigenvalue weighted by molar-refractivity contribution is -0.124. The number of alkyl carbamates (subject to hydrolysis) is 1. The van der Waals surface area contributed by atoms with Crippen molar-refractivity contribution in [3.05, 3.63) is 60.0 Å². The third kappa shape index (κ3) is 8.86. The van der Waals surface area contributed by atoms with Crippen molar-refractivity contribution in [2.75, 3.05) is 31.8 Å². The van der Waals surface area contributed by atoms with Crippen molar-refractivity contribution < 1.29 is 23.8 Å². The number of anilines is 1. The molecule has 0 unspecified atom stereocenters. The van der Waals surface area contributed by atoms with Crippen molar-refractivity contribution in [1.82, 2.24) is 20.1 Å². The normalized spacial score (nSPS) is 23.2. The predicted octanol–water partition coefficient (Wildman–Crippen LogP) is 7.79. The number of amides is 2. The van der Waals surface area contributed by atoms with Gasteiger partial charge in [-0.15, -0.1) is 0 Å². The van der Waals surface area contributed by atoms with Crippen molar-refractivity contribution in [2.45, 2.75) is 116 Å². The topological polar surface area (TPSA) is 108 Å². The Balaban J connectivity index is 1.14. The van der Waals surface area contributed by atoms with Crippen LogP contribution in [-0.2, 0) is 19.8 Å².